The lowest BCUT2D eigenvalue weighted by Gasteiger charge is -2.27. The van der Waals surface area contributed by atoms with Gasteiger partial charge in [-0.15, -0.1) is 0 Å². The number of rotatable bonds is 3. The first-order valence-electron chi connectivity index (χ1n) is 5.80. The Balaban J connectivity index is 2.49. The molecule has 0 amide bonds. The summed E-state index contributed by atoms with van der Waals surface area (Å²) in [7, 11) is 3.19. The standard InChI is InChI=1S/C13H19NO3/c1-16-10-4-3-5-11(17-2)12(10)13(15)7-6-9(14)8-13/h3-5,9,15H,6-8,14H2,1-2H3. The Morgan fingerprint density at radius 1 is 1.29 bits per heavy atom. The molecule has 2 rings (SSSR count). The molecule has 1 saturated carbocycles. The molecule has 1 aromatic rings. The number of methoxy groups -OCH3 is 2. The van der Waals surface area contributed by atoms with Crippen molar-refractivity contribution in [3.05, 3.63) is 23.8 Å². The fourth-order valence-corrected chi connectivity index (χ4v) is 2.60. The Hall–Kier alpha value is -1.26. The van der Waals surface area contributed by atoms with E-state index in [-0.39, 0.29) is 6.04 Å². The summed E-state index contributed by atoms with van der Waals surface area (Å²) in [5.41, 5.74) is 5.68. The Labute approximate surface area is 101 Å². The second-order valence-corrected chi connectivity index (χ2v) is 4.57. The average molecular weight is 237 g/mol. The van der Waals surface area contributed by atoms with Gasteiger partial charge < -0.3 is 20.3 Å². The lowest BCUT2D eigenvalue weighted by molar-refractivity contribution is 0.0380. The van der Waals surface area contributed by atoms with Crippen molar-refractivity contribution in [2.24, 2.45) is 5.73 Å². The monoisotopic (exact) mass is 237 g/mol. The number of benzene rings is 1. The summed E-state index contributed by atoms with van der Waals surface area (Å²) in [6.07, 6.45) is 2.01. The van der Waals surface area contributed by atoms with Crippen molar-refractivity contribution in [1.82, 2.24) is 0 Å². The van der Waals surface area contributed by atoms with Gasteiger partial charge in [0.15, 0.2) is 0 Å². The van der Waals surface area contributed by atoms with E-state index in [1.54, 1.807) is 14.2 Å². The van der Waals surface area contributed by atoms with Crippen molar-refractivity contribution in [3.63, 3.8) is 0 Å². The Morgan fingerprint density at radius 3 is 2.29 bits per heavy atom. The number of hydrogen-bond acceptors (Lipinski definition) is 4. The van der Waals surface area contributed by atoms with E-state index in [0.717, 1.165) is 12.0 Å². The van der Waals surface area contributed by atoms with Gasteiger partial charge in [-0.05, 0) is 31.4 Å². The summed E-state index contributed by atoms with van der Waals surface area (Å²) < 4.78 is 10.6. The van der Waals surface area contributed by atoms with Crippen LogP contribution in [0.2, 0.25) is 0 Å². The van der Waals surface area contributed by atoms with Gasteiger partial charge in [0.1, 0.15) is 11.5 Å². The molecular formula is C13H19NO3. The second kappa shape index (κ2) is 4.55. The molecule has 0 radical (unpaired) electrons. The van der Waals surface area contributed by atoms with Gasteiger partial charge in [0.25, 0.3) is 0 Å². The van der Waals surface area contributed by atoms with Crippen molar-refractivity contribution in [1.29, 1.82) is 0 Å². The molecule has 0 spiro atoms. The molecule has 17 heavy (non-hydrogen) atoms. The molecule has 4 nitrogen and oxygen atoms in total. The predicted octanol–water partition coefficient (Wildman–Crippen LogP) is 1.40. The van der Waals surface area contributed by atoms with Crippen molar-refractivity contribution in [2.75, 3.05) is 14.2 Å². The molecule has 1 fully saturated rings. The molecule has 3 N–H and O–H groups in total. The topological polar surface area (TPSA) is 64.7 Å². The van der Waals surface area contributed by atoms with Crippen molar-refractivity contribution < 1.29 is 14.6 Å². The third-order valence-electron chi connectivity index (χ3n) is 3.42. The Morgan fingerprint density at radius 2 is 1.88 bits per heavy atom. The molecule has 94 valence electrons. The van der Waals surface area contributed by atoms with Gasteiger partial charge in [-0.1, -0.05) is 6.07 Å². The van der Waals surface area contributed by atoms with Crippen LogP contribution in [0.1, 0.15) is 24.8 Å². The molecule has 0 saturated heterocycles. The summed E-state index contributed by atoms with van der Waals surface area (Å²) in [6.45, 7) is 0. The first-order valence-corrected chi connectivity index (χ1v) is 5.80. The molecule has 0 aliphatic heterocycles. The van der Waals surface area contributed by atoms with E-state index in [4.69, 9.17) is 15.2 Å². The van der Waals surface area contributed by atoms with Gasteiger partial charge in [-0.25, -0.2) is 0 Å². The SMILES string of the molecule is COc1cccc(OC)c1C1(O)CCC(N)C1. The molecule has 2 atom stereocenters. The fraction of sp³-hybridized carbons (Fsp3) is 0.538. The smallest absolute Gasteiger partial charge is 0.128 e. The largest absolute Gasteiger partial charge is 0.496 e. The van der Waals surface area contributed by atoms with E-state index in [1.165, 1.54) is 0 Å². The predicted molar refractivity (Wildman–Crippen MR) is 65.3 cm³/mol. The summed E-state index contributed by atoms with van der Waals surface area (Å²) in [5.74, 6) is 1.31. The van der Waals surface area contributed by atoms with Crippen molar-refractivity contribution in [3.8, 4) is 11.5 Å². The maximum absolute atomic E-state index is 10.7. The highest BCUT2D eigenvalue weighted by atomic mass is 16.5. The zero-order chi connectivity index (χ0) is 12.5. The summed E-state index contributed by atoms with van der Waals surface area (Å²) >= 11 is 0. The molecule has 0 bridgehead atoms. The first-order chi connectivity index (χ1) is 8.10. The summed E-state index contributed by atoms with van der Waals surface area (Å²) in [4.78, 5) is 0. The van der Waals surface area contributed by atoms with Gasteiger partial charge >= 0.3 is 0 Å². The van der Waals surface area contributed by atoms with Crippen LogP contribution in [0.3, 0.4) is 0 Å². The van der Waals surface area contributed by atoms with Crippen LogP contribution in [0.4, 0.5) is 0 Å². The number of hydrogen-bond donors (Lipinski definition) is 2. The highest BCUT2D eigenvalue weighted by molar-refractivity contribution is 5.49. The van der Waals surface area contributed by atoms with E-state index < -0.39 is 5.60 Å². The molecule has 4 heteroatoms. The quantitative estimate of drug-likeness (QED) is 0.834. The maximum Gasteiger partial charge on any atom is 0.128 e. The number of nitrogens with two attached hydrogens (primary N) is 1. The van der Waals surface area contributed by atoms with Crippen LogP contribution in [-0.4, -0.2) is 25.4 Å². The van der Waals surface area contributed by atoms with Crippen LogP contribution < -0.4 is 15.2 Å². The average Bonchev–Trinajstić information content (AvgIpc) is 2.69. The van der Waals surface area contributed by atoms with E-state index in [0.29, 0.717) is 24.3 Å². The molecular weight excluding hydrogens is 218 g/mol. The zero-order valence-electron chi connectivity index (χ0n) is 10.3. The van der Waals surface area contributed by atoms with Gasteiger partial charge in [0, 0.05) is 6.04 Å². The van der Waals surface area contributed by atoms with E-state index in [2.05, 4.69) is 0 Å². The van der Waals surface area contributed by atoms with Crippen LogP contribution in [0.25, 0.3) is 0 Å². The lowest BCUT2D eigenvalue weighted by Crippen LogP contribution is -2.26. The van der Waals surface area contributed by atoms with E-state index >= 15 is 0 Å². The molecule has 1 aromatic carbocycles. The molecule has 1 aliphatic carbocycles. The summed E-state index contributed by atoms with van der Waals surface area (Å²) in [5, 5.41) is 10.7. The normalized spacial score (nSPS) is 28.1. The minimum Gasteiger partial charge on any atom is -0.496 e. The third-order valence-corrected chi connectivity index (χ3v) is 3.42. The minimum absolute atomic E-state index is 0.0367. The van der Waals surface area contributed by atoms with Gasteiger partial charge in [-0.3, -0.25) is 0 Å². The number of ether oxygens (including phenoxy) is 2. The van der Waals surface area contributed by atoms with Crippen LogP contribution in [-0.2, 0) is 5.60 Å². The van der Waals surface area contributed by atoms with Crippen LogP contribution in [0.5, 0.6) is 11.5 Å². The fourth-order valence-electron chi connectivity index (χ4n) is 2.60. The molecule has 1 aliphatic rings. The van der Waals surface area contributed by atoms with Gasteiger partial charge in [0.2, 0.25) is 0 Å². The Kier molecular flexibility index (Phi) is 3.26. The summed E-state index contributed by atoms with van der Waals surface area (Å²) in [6, 6.07) is 5.55. The first kappa shape index (κ1) is 12.2. The molecule has 0 heterocycles. The van der Waals surface area contributed by atoms with Crippen LogP contribution in [0.15, 0.2) is 18.2 Å². The molecule has 0 aromatic heterocycles. The van der Waals surface area contributed by atoms with E-state index in [9.17, 15) is 5.11 Å². The van der Waals surface area contributed by atoms with Crippen LogP contribution >= 0.6 is 0 Å². The Bertz CT molecular complexity index is 385. The van der Waals surface area contributed by atoms with Gasteiger partial charge in [-0.2, -0.15) is 0 Å². The number of aliphatic hydroxyl groups is 1. The second-order valence-electron chi connectivity index (χ2n) is 4.57. The van der Waals surface area contributed by atoms with E-state index in [1.807, 2.05) is 18.2 Å². The zero-order valence-corrected chi connectivity index (χ0v) is 10.3. The van der Waals surface area contributed by atoms with Crippen LogP contribution in [0, 0.1) is 0 Å². The highest BCUT2D eigenvalue weighted by Crippen LogP contribution is 2.46. The minimum atomic E-state index is -0.933. The maximum atomic E-state index is 10.7. The van der Waals surface area contributed by atoms with Gasteiger partial charge in [0.05, 0.1) is 25.4 Å². The lowest BCUT2D eigenvalue weighted by atomic mass is 9.90. The van der Waals surface area contributed by atoms with Crippen molar-refractivity contribution >= 4 is 0 Å². The molecule has 2 unspecified atom stereocenters. The highest BCUT2D eigenvalue weighted by Gasteiger charge is 2.41. The third kappa shape index (κ3) is 2.10. The van der Waals surface area contributed by atoms with Crippen molar-refractivity contribution in [2.45, 2.75) is 30.9 Å².